The van der Waals surface area contributed by atoms with Crippen LogP contribution in [-0.4, -0.2) is 38.0 Å². The summed E-state index contributed by atoms with van der Waals surface area (Å²) < 4.78 is 0. The number of nitrogens with one attached hydrogen (secondary N) is 1. The molecular weight excluding hydrogens is 236 g/mol. The number of benzene rings is 1. The van der Waals surface area contributed by atoms with Crippen LogP contribution in [0.5, 0.6) is 0 Å². The Morgan fingerprint density at radius 3 is 2.53 bits per heavy atom. The lowest BCUT2D eigenvalue weighted by Gasteiger charge is -2.42. The third-order valence-corrected chi connectivity index (χ3v) is 4.20. The van der Waals surface area contributed by atoms with Crippen molar-refractivity contribution in [1.29, 1.82) is 0 Å². The Hall–Kier alpha value is -1.35. The van der Waals surface area contributed by atoms with E-state index in [4.69, 9.17) is 0 Å². The highest BCUT2D eigenvalue weighted by atomic mass is 16.2. The number of nitrogens with zero attached hydrogens (tertiary/aromatic N) is 1. The van der Waals surface area contributed by atoms with Crippen molar-refractivity contribution in [2.45, 2.75) is 25.7 Å². The maximum absolute atomic E-state index is 12.5. The lowest BCUT2D eigenvalue weighted by Crippen LogP contribution is -2.51. The van der Waals surface area contributed by atoms with E-state index < -0.39 is 0 Å². The van der Waals surface area contributed by atoms with Gasteiger partial charge in [-0.05, 0) is 31.9 Å². The molecule has 0 heterocycles. The van der Waals surface area contributed by atoms with Gasteiger partial charge in [0.05, 0.1) is 5.41 Å². The van der Waals surface area contributed by atoms with Gasteiger partial charge in [0.25, 0.3) is 0 Å². The number of carbonyl (C=O) groups is 1. The van der Waals surface area contributed by atoms with Crippen LogP contribution in [0.25, 0.3) is 0 Å². The van der Waals surface area contributed by atoms with Gasteiger partial charge in [-0.2, -0.15) is 0 Å². The number of likely N-dealkylation sites (N-methyl/N-ethyl adjacent to an activating group) is 1. The number of hydrogen-bond donors (Lipinski definition) is 1. The molecule has 1 aliphatic carbocycles. The monoisotopic (exact) mass is 260 g/mol. The van der Waals surface area contributed by atoms with Crippen molar-refractivity contribution in [3.05, 3.63) is 35.9 Å². The maximum Gasteiger partial charge on any atom is 0.229 e. The van der Waals surface area contributed by atoms with E-state index in [0.717, 1.165) is 32.4 Å². The first-order valence-corrected chi connectivity index (χ1v) is 7.12. The van der Waals surface area contributed by atoms with Crippen LogP contribution in [0.15, 0.2) is 30.3 Å². The van der Waals surface area contributed by atoms with Crippen LogP contribution in [0.1, 0.15) is 24.8 Å². The van der Waals surface area contributed by atoms with Crippen LogP contribution in [0.2, 0.25) is 0 Å². The van der Waals surface area contributed by atoms with Gasteiger partial charge in [0.1, 0.15) is 0 Å². The van der Waals surface area contributed by atoms with Crippen molar-refractivity contribution < 1.29 is 4.79 Å². The fourth-order valence-electron chi connectivity index (χ4n) is 2.86. The molecule has 0 saturated heterocycles. The van der Waals surface area contributed by atoms with Crippen LogP contribution in [0.3, 0.4) is 0 Å². The first kappa shape index (κ1) is 14.1. The predicted molar refractivity (Wildman–Crippen MR) is 78.0 cm³/mol. The molecule has 0 unspecified atom stereocenters. The van der Waals surface area contributed by atoms with Crippen LogP contribution in [0.4, 0.5) is 0 Å². The molecule has 1 fully saturated rings. The summed E-state index contributed by atoms with van der Waals surface area (Å²) in [5, 5.41) is 3.17. The Labute approximate surface area is 116 Å². The lowest BCUT2D eigenvalue weighted by molar-refractivity contribution is -0.145. The topological polar surface area (TPSA) is 32.3 Å². The second-order valence-corrected chi connectivity index (χ2v) is 5.63. The van der Waals surface area contributed by atoms with Gasteiger partial charge in [-0.1, -0.05) is 36.8 Å². The summed E-state index contributed by atoms with van der Waals surface area (Å²) in [5.74, 6) is 0.309. The normalized spacial score (nSPS) is 16.7. The molecule has 0 bridgehead atoms. The molecule has 0 aromatic heterocycles. The highest BCUT2D eigenvalue weighted by Gasteiger charge is 2.44. The standard InChI is InChI=1S/C16H24N2O/c1-17-13-16(10-6-11-16)15(19)18(2)12-9-14-7-4-3-5-8-14/h3-5,7-8,17H,6,9-13H2,1-2H3. The zero-order chi connectivity index (χ0) is 13.7. The van der Waals surface area contributed by atoms with Crippen molar-refractivity contribution in [2.75, 3.05) is 27.2 Å². The molecule has 1 aromatic rings. The van der Waals surface area contributed by atoms with Crippen molar-refractivity contribution in [3.8, 4) is 0 Å². The summed E-state index contributed by atoms with van der Waals surface area (Å²) in [5.41, 5.74) is 1.17. The van der Waals surface area contributed by atoms with Crippen LogP contribution < -0.4 is 5.32 Å². The van der Waals surface area contributed by atoms with E-state index in [1.807, 2.05) is 37.2 Å². The third kappa shape index (κ3) is 3.16. The first-order valence-electron chi connectivity index (χ1n) is 7.12. The lowest BCUT2D eigenvalue weighted by atomic mass is 9.67. The van der Waals surface area contributed by atoms with Crippen molar-refractivity contribution in [2.24, 2.45) is 5.41 Å². The first-order chi connectivity index (χ1) is 9.18. The Balaban J connectivity index is 1.89. The largest absolute Gasteiger partial charge is 0.345 e. The highest BCUT2D eigenvalue weighted by Crippen LogP contribution is 2.41. The molecule has 1 amide bonds. The summed E-state index contributed by atoms with van der Waals surface area (Å²) in [7, 11) is 3.86. The molecule has 1 saturated carbocycles. The predicted octanol–water partition coefficient (Wildman–Crippen LogP) is 2.08. The number of carbonyl (C=O) groups excluding carboxylic acids is 1. The van der Waals surface area contributed by atoms with E-state index in [2.05, 4.69) is 17.4 Å². The van der Waals surface area contributed by atoms with Crippen LogP contribution in [0, 0.1) is 5.41 Å². The summed E-state index contributed by atoms with van der Waals surface area (Å²) in [6.45, 7) is 1.61. The zero-order valence-corrected chi connectivity index (χ0v) is 12.0. The molecule has 3 heteroatoms. The maximum atomic E-state index is 12.5. The SMILES string of the molecule is CNCC1(C(=O)N(C)CCc2ccccc2)CCC1. The smallest absolute Gasteiger partial charge is 0.229 e. The van der Waals surface area contributed by atoms with Gasteiger partial charge in [0, 0.05) is 20.1 Å². The minimum Gasteiger partial charge on any atom is -0.345 e. The fraction of sp³-hybridized carbons (Fsp3) is 0.562. The van der Waals surface area contributed by atoms with E-state index in [1.165, 1.54) is 12.0 Å². The molecule has 1 aliphatic rings. The minimum atomic E-state index is -0.125. The van der Waals surface area contributed by atoms with Gasteiger partial charge in [-0.15, -0.1) is 0 Å². The third-order valence-electron chi connectivity index (χ3n) is 4.20. The Bertz CT molecular complexity index is 412. The van der Waals surface area contributed by atoms with E-state index >= 15 is 0 Å². The van der Waals surface area contributed by atoms with E-state index in [9.17, 15) is 4.79 Å². The minimum absolute atomic E-state index is 0.125. The van der Waals surface area contributed by atoms with E-state index in [1.54, 1.807) is 0 Å². The van der Waals surface area contributed by atoms with Gasteiger partial charge >= 0.3 is 0 Å². The van der Waals surface area contributed by atoms with Crippen molar-refractivity contribution >= 4 is 5.91 Å². The van der Waals surface area contributed by atoms with E-state index in [0.29, 0.717) is 5.91 Å². The molecule has 0 aliphatic heterocycles. The summed E-state index contributed by atoms with van der Waals surface area (Å²) >= 11 is 0. The second-order valence-electron chi connectivity index (χ2n) is 5.63. The summed E-state index contributed by atoms with van der Waals surface area (Å²) in [4.78, 5) is 14.5. The molecule has 0 spiro atoms. The van der Waals surface area contributed by atoms with Gasteiger partial charge in [-0.25, -0.2) is 0 Å². The second kappa shape index (κ2) is 6.20. The highest BCUT2D eigenvalue weighted by molar-refractivity contribution is 5.83. The molecule has 104 valence electrons. The number of hydrogen-bond acceptors (Lipinski definition) is 2. The van der Waals surface area contributed by atoms with Crippen molar-refractivity contribution in [3.63, 3.8) is 0 Å². The van der Waals surface area contributed by atoms with Gasteiger partial charge in [0.15, 0.2) is 0 Å². The van der Waals surface area contributed by atoms with E-state index in [-0.39, 0.29) is 5.41 Å². The molecule has 1 aromatic carbocycles. The fourth-order valence-corrected chi connectivity index (χ4v) is 2.86. The number of rotatable bonds is 6. The van der Waals surface area contributed by atoms with Crippen LogP contribution in [-0.2, 0) is 11.2 Å². The Morgan fingerprint density at radius 2 is 2.00 bits per heavy atom. The summed E-state index contributed by atoms with van der Waals surface area (Å²) in [6.07, 6.45) is 4.17. The molecule has 2 rings (SSSR count). The Morgan fingerprint density at radius 1 is 1.32 bits per heavy atom. The molecule has 1 N–H and O–H groups in total. The van der Waals surface area contributed by atoms with Gasteiger partial charge in [-0.3, -0.25) is 4.79 Å². The summed E-state index contributed by atoms with van der Waals surface area (Å²) in [6, 6.07) is 10.3. The zero-order valence-electron chi connectivity index (χ0n) is 12.0. The quantitative estimate of drug-likeness (QED) is 0.849. The average molecular weight is 260 g/mol. The molecule has 19 heavy (non-hydrogen) atoms. The Kier molecular flexibility index (Phi) is 4.59. The van der Waals surface area contributed by atoms with Gasteiger partial charge in [0.2, 0.25) is 5.91 Å². The molecule has 0 radical (unpaired) electrons. The van der Waals surface area contributed by atoms with Gasteiger partial charge < -0.3 is 10.2 Å². The molecule has 3 nitrogen and oxygen atoms in total. The molecule has 0 atom stereocenters. The molecular formula is C16H24N2O. The average Bonchev–Trinajstić information content (AvgIpc) is 2.40. The van der Waals surface area contributed by atoms with Crippen LogP contribution >= 0.6 is 0 Å². The van der Waals surface area contributed by atoms with Crippen molar-refractivity contribution in [1.82, 2.24) is 10.2 Å². The number of amides is 1.